The molecule has 3 heterocycles. The molecule has 4 rings (SSSR count). The fourth-order valence-corrected chi connectivity index (χ4v) is 3.31. The van der Waals surface area contributed by atoms with Gasteiger partial charge in [0.05, 0.1) is 0 Å². The van der Waals surface area contributed by atoms with E-state index in [0.717, 1.165) is 24.8 Å². The van der Waals surface area contributed by atoms with E-state index in [2.05, 4.69) is 29.3 Å². The third-order valence-electron chi connectivity index (χ3n) is 4.42. The zero-order chi connectivity index (χ0) is 13.1. The van der Waals surface area contributed by atoms with Crippen molar-refractivity contribution in [3.05, 3.63) is 29.8 Å². The van der Waals surface area contributed by atoms with E-state index >= 15 is 0 Å². The smallest absolute Gasteiger partial charge is 0.119 e. The van der Waals surface area contributed by atoms with Crippen LogP contribution in [-0.4, -0.2) is 43.7 Å². The molecule has 1 aromatic rings. The van der Waals surface area contributed by atoms with Crippen LogP contribution < -0.4 is 10.1 Å². The van der Waals surface area contributed by atoms with Crippen molar-refractivity contribution in [2.24, 2.45) is 5.92 Å². The minimum atomic E-state index is 0.684. The van der Waals surface area contributed by atoms with Crippen molar-refractivity contribution in [1.82, 2.24) is 10.2 Å². The molecule has 3 aliphatic heterocycles. The summed E-state index contributed by atoms with van der Waals surface area (Å²) in [5, 5.41) is 3.67. The Kier molecular flexibility index (Phi) is 4.04. The summed E-state index contributed by atoms with van der Waals surface area (Å²) in [5.41, 5.74) is 1.25. The van der Waals surface area contributed by atoms with Crippen molar-refractivity contribution in [3.63, 3.8) is 0 Å². The predicted octanol–water partition coefficient (Wildman–Crippen LogP) is 2.06. The van der Waals surface area contributed by atoms with Gasteiger partial charge in [-0.15, -0.1) is 0 Å². The van der Waals surface area contributed by atoms with Crippen LogP contribution in [0.3, 0.4) is 0 Å². The van der Waals surface area contributed by atoms with E-state index < -0.39 is 0 Å². The highest BCUT2D eigenvalue weighted by Crippen LogP contribution is 2.27. The van der Waals surface area contributed by atoms with Crippen molar-refractivity contribution in [2.45, 2.75) is 25.8 Å². The molecule has 3 fully saturated rings. The van der Waals surface area contributed by atoms with Crippen LogP contribution in [0.5, 0.6) is 5.75 Å². The van der Waals surface area contributed by atoms with Crippen LogP contribution in [0, 0.1) is 12.8 Å². The van der Waals surface area contributed by atoms with Crippen molar-refractivity contribution in [1.29, 1.82) is 0 Å². The summed E-state index contributed by atoms with van der Waals surface area (Å²) >= 11 is 0. The zero-order valence-corrected chi connectivity index (χ0v) is 11.8. The Morgan fingerprint density at radius 1 is 1.32 bits per heavy atom. The Morgan fingerprint density at radius 3 is 2.84 bits per heavy atom. The molecule has 0 aliphatic carbocycles. The zero-order valence-electron chi connectivity index (χ0n) is 11.8. The lowest BCUT2D eigenvalue weighted by Crippen LogP contribution is -2.56. The van der Waals surface area contributed by atoms with Gasteiger partial charge in [-0.3, -0.25) is 0 Å². The predicted molar refractivity (Wildman–Crippen MR) is 77.6 cm³/mol. The molecule has 104 valence electrons. The van der Waals surface area contributed by atoms with Crippen molar-refractivity contribution in [3.8, 4) is 5.75 Å². The molecule has 3 nitrogen and oxygen atoms in total. The van der Waals surface area contributed by atoms with E-state index in [-0.39, 0.29) is 0 Å². The number of nitrogens with zero attached hydrogens (tertiary/aromatic N) is 1. The Balaban J connectivity index is 1.39. The number of hydrogen-bond donors (Lipinski definition) is 1. The quantitative estimate of drug-likeness (QED) is 0.820. The van der Waals surface area contributed by atoms with Crippen LogP contribution in [0.1, 0.15) is 18.4 Å². The number of fused-ring (bicyclic) bond motifs is 3. The normalized spacial score (nSPS) is 29.4. The van der Waals surface area contributed by atoms with Gasteiger partial charge in [0.2, 0.25) is 0 Å². The first kappa shape index (κ1) is 12.9. The van der Waals surface area contributed by atoms with Gasteiger partial charge in [-0.25, -0.2) is 0 Å². The van der Waals surface area contributed by atoms with E-state index in [1.807, 2.05) is 12.1 Å². The van der Waals surface area contributed by atoms with Gasteiger partial charge in [-0.05, 0) is 56.5 Å². The summed E-state index contributed by atoms with van der Waals surface area (Å²) in [6.45, 7) is 7.65. The second kappa shape index (κ2) is 5.93. The molecule has 3 heteroatoms. The average Bonchev–Trinajstić information content (AvgIpc) is 2.45. The van der Waals surface area contributed by atoms with Crippen molar-refractivity contribution in [2.75, 3.05) is 32.8 Å². The second-order valence-corrected chi connectivity index (χ2v) is 5.86. The third kappa shape index (κ3) is 3.28. The summed E-state index contributed by atoms with van der Waals surface area (Å²) in [7, 11) is 0. The lowest BCUT2D eigenvalue weighted by atomic mass is 9.84. The number of piperidine rings is 3. The molecule has 2 bridgehead atoms. The first-order valence-corrected chi connectivity index (χ1v) is 7.46. The molecule has 3 saturated heterocycles. The van der Waals surface area contributed by atoms with Crippen LogP contribution in [0.25, 0.3) is 0 Å². The van der Waals surface area contributed by atoms with Crippen LogP contribution in [0.15, 0.2) is 24.3 Å². The molecule has 0 saturated carbocycles. The molecule has 0 radical (unpaired) electrons. The average molecular weight is 260 g/mol. The molecular formula is C16H24N2O. The second-order valence-electron chi connectivity index (χ2n) is 5.86. The fraction of sp³-hybridized carbons (Fsp3) is 0.625. The van der Waals surface area contributed by atoms with Gasteiger partial charge in [0, 0.05) is 19.1 Å². The maximum Gasteiger partial charge on any atom is 0.119 e. The molecule has 1 aromatic carbocycles. The van der Waals surface area contributed by atoms with Crippen LogP contribution in [0.4, 0.5) is 0 Å². The lowest BCUT2D eigenvalue weighted by Gasteiger charge is -2.45. The Labute approximate surface area is 115 Å². The van der Waals surface area contributed by atoms with Gasteiger partial charge in [0.15, 0.2) is 0 Å². The fourth-order valence-electron chi connectivity index (χ4n) is 3.31. The third-order valence-corrected chi connectivity index (χ3v) is 4.42. The summed E-state index contributed by atoms with van der Waals surface area (Å²) in [6.07, 6.45) is 2.74. The Hall–Kier alpha value is -1.06. The standard InChI is InChI=1S/C16H24N2O/c1-13-3-2-4-15(11-13)19-10-7-17-16-12-18-8-5-14(16)6-9-18/h2-4,11,14,16-17H,5-10,12H2,1H3. The maximum absolute atomic E-state index is 5.78. The van der Waals surface area contributed by atoms with Crippen LogP contribution >= 0.6 is 0 Å². The van der Waals surface area contributed by atoms with E-state index in [0.29, 0.717) is 6.04 Å². The van der Waals surface area contributed by atoms with Gasteiger partial charge in [-0.1, -0.05) is 12.1 Å². The Bertz CT molecular complexity index is 413. The number of ether oxygens (including phenoxy) is 1. The monoisotopic (exact) mass is 260 g/mol. The minimum absolute atomic E-state index is 0.684. The maximum atomic E-state index is 5.78. The largest absolute Gasteiger partial charge is 0.492 e. The molecule has 1 N–H and O–H groups in total. The molecule has 3 aliphatic rings. The summed E-state index contributed by atoms with van der Waals surface area (Å²) in [6, 6.07) is 8.95. The minimum Gasteiger partial charge on any atom is -0.492 e. The van der Waals surface area contributed by atoms with Crippen molar-refractivity contribution < 1.29 is 4.74 Å². The number of nitrogens with one attached hydrogen (secondary N) is 1. The van der Waals surface area contributed by atoms with Gasteiger partial charge in [0.1, 0.15) is 12.4 Å². The van der Waals surface area contributed by atoms with Gasteiger partial charge in [0.25, 0.3) is 0 Å². The summed E-state index contributed by atoms with van der Waals surface area (Å²) in [5.74, 6) is 1.87. The SMILES string of the molecule is Cc1cccc(OCCNC2CN3CCC2CC3)c1. The number of aryl methyl sites for hydroxylation is 1. The molecular weight excluding hydrogens is 236 g/mol. The summed E-state index contributed by atoms with van der Waals surface area (Å²) < 4.78 is 5.78. The Morgan fingerprint density at radius 2 is 2.16 bits per heavy atom. The summed E-state index contributed by atoms with van der Waals surface area (Å²) in [4.78, 5) is 2.58. The number of rotatable bonds is 5. The first-order chi connectivity index (χ1) is 9.31. The van der Waals surface area contributed by atoms with Crippen LogP contribution in [0.2, 0.25) is 0 Å². The molecule has 1 unspecified atom stereocenters. The highest BCUT2D eigenvalue weighted by atomic mass is 16.5. The lowest BCUT2D eigenvalue weighted by molar-refractivity contribution is 0.0710. The van der Waals surface area contributed by atoms with Gasteiger partial charge in [-0.2, -0.15) is 0 Å². The molecule has 1 atom stereocenters. The highest BCUT2D eigenvalue weighted by molar-refractivity contribution is 5.27. The number of hydrogen-bond acceptors (Lipinski definition) is 3. The van der Waals surface area contributed by atoms with E-state index in [1.165, 1.54) is 38.0 Å². The van der Waals surface area contributed by atoms with E-state index in [4.69, 9.17) is 4.74 Å². The van der Waals surface area contributed by atoms with Crippen LogP contribution in [-0.2, 0) is 0 Å². The topological polar surface area (TPSA) is 24.5 Å². The molecule has 0 spiro atoms. The molecule has 0 aromatic heterocycles. The van der Waals surface area contributed by atoms with E-state index in [9.17, 15) is 0 Å². The van der Waals surface area contributed by atoms with Gasteiger partial charge < -0.3 is 15.0 Å². The molecule has 0 amide bonds. The van der Waals surface area contributed by atoms with Gasteiger partial charge >= 0.3 is 0 Å². The number of benzene rings is 1. The first-order valence-electron chi connectivity index (χ1n) is 7.46. The highest BCUT2D eigenvalue weighted by Gasteiger charge is 2.33. The van der Waals surface area contributed by atoms with Crippen molar-refractivity contribution >= 4 is 0 Å². The molecule has 19 heavy (non-hydrogen) atoms. The van der Waals surface area contributed by atoms with E-state index in [1.54, 1.807) is 0 Å².